The van der Waals surface area contributed by atoms with Gasteiger partial charge in [0.1, 0.15) is 6.04 Å². The number of carbonyl (C=O) groups is 2. The predicted octanol–water partition coefficient (Wildman–Crippen LogP) is 0.590. The van der Waals surface area contributed by atoms with Crippen molar-refractivity contribution in [2.45, 2.75) is 44.9 Å². The van der Waals surface area contributed by atoms with Crippen LogP contribution in [0.2, 0.25) is 0 Å². The Labute approximate surface area is 96.6 Å². The van der Waals surface area contributed by atoms with Crippen molar-refractivity contribution in [3.8, 4) is 0 Å². The van der Waals surface area contributed by atoms with Crippen molar-refractivity contribution in [1.82, 2.24) is 5.32 Å². The van der Waals surface area contributed by atoms with Crippen LogP contribution in [0.3, 0.4) is 0 Å². The van der Waals surface area contributed by atoms with Gasteiger partial charge in [-0.05, 0) is 13.8 Å². The molecule has 0 aliphatic carbocycles. The molecule has 0 heterocycles. The maximum Gasteiger partial charge on any atom is 0.407 e. The van der Waals surface area contributed by atoms with E-state index in [1.807, 2.05) is 0 Å². The minimum Gasteiger partial charge on any atom is -0.479 e. The lowest BCUT2D eigenvalue weighted by Gasteiger charge is -2.26. The number of aliphatic carboxylic acids is 1. The van der Waals surface area contributed by atoms with Crippen LogP contribution >= 0.6 is 0 Å². The van der Waals surface area contributed by atoms with Crippen molar-refractivity contribution >= 4 is 12.1 Å². The first kappa shape index (κ1) is 15.6. The first-order chi connectivity index (χ1) is 7.55. The number of hydrogen-bond acceptors (Lipinski definition) is 4. The van der Waals surface area contributed by atoms with Crippen molar-refractivity contribution in [2.24, 2.45) is 0 Å². The van der Waals surface area contributed by atoms with E-state index >= 15 is 0 Å². The fraction of sp³-hybridized carbons (Fsp3) is 0.778. The molecule has 1 amide bonds. The number of hydrogen-bond donors (Lipinski definition) is 3. The number of alkyl halides is 2. The summed E-state index contributed by atoms with van der Waals surface area (Å²) in [6, 6.07) is -2.26. The van der Waals surface area contributed by atoms with Crippen LogP contribution in [-0.2, 0) is 9.53 Å². The van der Waals surface area contributed by atoms with Gasteiger partial charge in [0.25, 0.3) is 5.92 Å². The average molecular weight is 255 g/mol. The molecule has 0 saturated carbocycles. The van der Waals surface area contributed by atoms with Gasteiger partial charge < -0.3 is 20.3 Å². The quantitative estimate of drug-likeness (QED) is 0.668. The zero-order valence-electron chi connectivity index (χ0n) is 9.61. The number of aliphatic hydroxyl groups is 1. The smallest absolute Gasteiger partial charge is 0.407 e. The molecule has 2 atom stereocenters. The summed E-state index contributed by atoms with van der Waals surface area (Å²) in [4.78, 5) is 21.5. The Bertz CT molecular complexity index is 290. The van der Waals surface area contributed by atoms with Crippen LogP contribution < -0.4 is 5.32 Å². The first-order valence-electron chi connectivity index (χ1n) is 4.81. The molecule has 0 fully saturated rings. The van der Waals surface area contributed by atoms with Crippen LogP contribution in [0.15, 0.2) is 0 Å². The largest absolute Gasteiger partial charge is 0.479 e. The predicted molar refractivity (Wildman–Crippen MR) is 52.8 cm³/mol. The Morgan fingerprint density at radius 1 is 1.35 bits per heavy atom. The van der Waals surface area contributed by atoms with Gasteiger partial charge in [0.15, 0.2) is 6.10 Å². The summed E-state index contributed by atoms with van der Waals surface area (Å²) >= 11 is 0. The fourth-order valence-corrected chi connectivity index (χ4v) is 1.00. The number of carboxylic acids is 1. The van der Waals surface area contributed by atoms with Crippen molar-refractivity contribution in [2.75, 3.05) is 0 Å². The van der Waals surface area contributed by atoms with Gasteiger partial charge in [0, 0.05) is 6.92 Å². The highest BCUT2D eigenvalue weighted by Crippen LogP contribution is 2.20. The van der Waals surface area contributed by atoms with Crippen LogP contribution in [0.4, 0.5) is 13.6 Å². The zero-order chi connectivity index (χ0) is 13.8. The van der Waals surface area contributed by atoms with Gasteiger partial charge in [-0.1, -0.05) is 0 Å². The third-order valence-electron chi connectivity index (χ3n) is 1.73. The molecule has 100 valence electrons. The molecular formula is C9H15F2NO5. The molecule has 0 aromatic heterocycles. The molecule has 0 radical (unpaired) electrons. The zero-order valence-corrected chi connectivity index (χ0v) is 9.61. The van der Waals surface area contributed by atoms with E-state index in [0.29, 0.717) is 6.92 Å². The summed E-state index contributed by atoms with van der Waals surface area (Å²) in [5.74, 6) is -5.46. The number of aliphatic hydroxyl groups excluding tert-OH is 1. The van der Waals surface area contributed by atoms with Crippen LogP contribution in [0.5, 0.6) is 0 Å². The fourth-order valence-electron chi connectivity index (χ4n) is 1.00. The Hall–Kier alpha value is -1.44. The van der Waals surface area contributed by atoms with Crippen molar-refractivity contribution in [1.29, 1.82) is 0 Å². The lowest BCUT2D eigenvalue weighted by atomic mass is 10.1. The standard InChI is InChI=1S/C9H15F2NO5/c1-4(2)17-8(16)12-6(9(3,10)11)5(13)7(14)15/h4-6,13H,1-3H3,(H,12,16)(H,14,15)/t5-,6-/m1/s1. The summed E-state index contributed by atoms with van der Waals surface area (Å²) in [6.45, 7) is 3.37. The Kier molecular flexibility index (Phi) is 5.27. The van der Waals surface area contributed by atoms with Crippen LogP contribution in [0.1, 0.15) is 20.8 Å². The van der Waals surface area contributed by atoms with E-state index in [9.17, 15) is 18.4 Å². The second-order valence-corrected chi connectivity index (χ2v) is 3.82. The molecule has 0 saturated heterocycles. The third kappa shape index (κ3) is 5.43. The second-order valence-electron chi connectivity index (χ2n) is 3.82. The van der Waals surface area contributed by atoms with E-state index in [1.165, 1.54) is 13.8 Å². The van der Waals surface area contributed by atoms with E-state index < -0.39 is 36.2 Å². The van der Waals surface area contributed by atoms with Crippen molar-refractivity contribution in [3.63, 3.8) is 0 Å². The molecule has 0 aliphatic rings. The van der Waals surface area contributed by atoms with E-state index in [-0.39, 0.29) is 0 Å². The molecule has 8 heteroatoms. The summed E-state index contributed by atoms with van der Waals surface area (Å²) in [7, 11) is 0. The van der Waals surface area contributed by atoms with Gasteiger partial charge in [-0.15, -0.1) is 0 Å². The molecule has 0 spiro atoms. The van der Waals surface area contributed by atoms with Crippen LogP contribution in [-0.4, -0.2) is 46.4 Å². The van der Waals surface area contributed by atoms with Gasteiger partial charge in [-0.25, -0.2) is 18.4 Å². The summed E-state index contributed by atoms with van der Waals surface area (Å²) < 4.78 is 30.5. The van der Waals surface area contributed by atoms with E-state index in [2.05, 4.69) is 4.74 Å². The van der Waals surface area contributed by atoms with Gasteiger partial charge in [0.05, 0.1) is 6.10 Å². The normalized spacial score (nSPS) is 15.2. The topological polar surface area (TPSA) is 95.9 Å². The lowest BCUT2D eigenvalue weighted by molar-refractivity contribution is -0.155. The third-order valence-corrected chi connectivity index (χ3v) is 1.73. The molecule has 0 bridgehead atoms. The summed E-state index contributed by atoms with van der Waals surface area (Å²) in [5, 5.41) is 19.1. The number of rotatable bonds is 5. The number of ether oxygens (including phenoxy) is 1. The van der Waals surface area contributed by atoms with Crippen LogP contribution in [0.25, 0.3) is 0 Å². The molecule has 0 rings (SSSR count). The molecule has 0 aromatic carbocycles. The monoisotopic (exact) mass is 255 g/mol. The lowest BCUT2D eigenvalue weighted by Crippen LogP contribution is -2.56. The maximum atomic E-state index is 13.0. The molecule has 0 aromatic rings. The second kappa shape index (κ2) is 5.76. The van der Waals surface area contributed by atoms with Gasteiger partial charge in [-0.2, -0.15) is 0 Å². The van der Waals surface area contributed by atoms with Gasteiger partial charge in [0.2, 0.25) is 0 Å². The number of nitrogens with one attached hydrogen (secondary N) is 1. The highest BCUT2D eigenvalue weighted by Gasteiger charge is 2.44. The van der Waals surface area contributed by atoms with Crippen LogP contribution in [0, 0.1) is 0 Å². The molecule has 0 unspecified atom stereocenters. The van der Waals surface area contributed by atoms with Crippen molar-refractivity contribution in [3.05, 3.63) is 0 Å². The number of amides is 1. The Morgan fingerprint density at radius 3 is 2.12 bits per heavy atom. The highest BCUT2D eigenvalue weighted by molar-refractivity contribution is 5.75. The van der Waals surface area contributed by atoms with E-state index in [4.69, 9.17) is 10.2 Å². The molecule has 3 N–H and O–H groups in total. The van der Waals surface area contributed by atoms with Gasteiger partial charge in [-0.3, -0.25) is 0 Å². The Morgan fingerprint density at radius 2 is 1.82 bits per heavy atom. The average Bonchev–Trinajstić information content (AvgIpc) is 2.09. The first-order valence-corrected chi connectivity index (χ1v) is 4.81. The van der Waals surface area contributed by atoms with Gasteiger partial charge >= 0.3 is 12.1 Å². The Balaban J connectivity index is 4.73. The number of halogens is 2. The minimum atomic E-state index is -3.60. The molecule has 0 aliphatic heterocycles. The SMILES string of the molecule is CC(C)OC(=O)N[C@H]([C@@H](O)C(=O)O)C(C)(F)F. The molecule has 6 nitrogen and oxygen atoms in total. The van der Waals surface area contributed by atoms with E-state index in [0.717, 1.165) is 0 Å². The minimum absolute atomic E-state index is 0.388. The summed E-state index contributed by atoms with van der Waals surface area (Å²) in [5.41, 5.74) is 0. The highest BCUT2D eigenvalue weighted by atomic mass is 19.3. The summed E-state index contributed by atoms with van der Waals surface area (Å²) in [6.07, 6.45) is -4.19. The number of alkyl carbamates (subject to hydrolysis) is 1. The molecule has 17 heavy (non-hydrogen) atoms. The number of carbonyl (C=O) groups excluding carboxylic acids is 1. The molecular weight excluding hydrogens is 240 g/mol. The van der Waals surface area contributed by atoms with E-state index in [1.54, 1.807) is 5.32 Å². The van der Waals surface area contributed by atoms with Crippen molar-refractivity contribution < 1.29 is 33.3 Å². The maximum absolute atomic E-state index is 13.0. The number of carboxylic acid groups (broad SMARTS) is 1.